The van der Waals surface area contributed by atoms with Crippen LogP contribution in [0.4, 0.5) is 4.79 Å². The van der Waals surface area contributed by atoms with Gasteiger partial charge in [-0.1, -0.05) is 0 Å². The van der Waals surface area contributed by atoms with Crippen molar-refractivity contribution in [3.63, 3.8) is 0 Å². The van der Waals surface area contributed by atoms with Crippen molar-refractivity contribution in [1.82, 2.24) is 5.32 Å². The summed E-state index contributed by atoms with van der Waals surface area (Å²) in [6.07, 6.45) is -2.09. The maximum absolute atomic E-state index is 10.1. The molecule has 0 aromatic rings. The molecule has 0 aromatic heterocycles. The van der Waals surface area contributed by atoms with Gasteiger partial charge >= 0.3 is 6.09 Å². The van der Waals surface area contributed by atoms with Crippen LogP contribution in [-0.2, 0) is 0 Å². The minimum atomic E-state index is -1.11. The summed E-state index contributed by atoms with van der Waals surface area (Å²) < 4.78 is 0. The minimum Gasteiger partial charge on any atom is -0.465 e. The van der Waals surface area contributed by atoms with E-state index in [2.05, 4.69) is 5.32 Å². The van der Waals surface area contributed by atoms with Crippen molar-refractivity contribution in [3.05, 3.63) is 0 Å². The van der Waals surface area contributed by atoms with Crippen LogP contribution in [0.3, 0.4) is 0 Å². The SMILES string of the molecule is O=C(O)NC1C[C@@H](O)[C@@H](O)C1. The number of nitrogens with one attached hydrogen (secondary N) is 1. The van der Waals surface area contributed by atoms with Gasteiger partial charge < -0.3 is 20.6 Å². The molecular weight excluding hydrogens is 150 g/mol. The number of carbonyl (C=O) groups is 1. The number of aliphatic hydroxyl groups excluding tert-OH is 2. The van der Waals surface area contributed by atoms with E-state index >= 15 is 0 Å². The maximum atomic E-state index is 10.1. The van der Waals surface area contributed by atoms with Crippen LogP contribution in [0.25, 0.3) is 0 Å². The predicted molar refractivity (Wildman–Crippen MR) is 36.2 cm³/mol. The van der Waals surface area contributed by atoms with Gasteiger partial charge in [-0.05, 0) is 12.8 Å². The van der Waals surface area contributed by atoms with E-state index in [1.807, 2.05) is 0 Å². The Hall–Kier alpha value is -0.810. The van der Waals surface area contributed by atoms with E-state index < -0.39 is 18.3 Å². The fourth-order valence-electron chi connectivity index (χ4n) is 1.29. The van der Waals surface area contributed by atoms with Crippen LogP contribution in [0.1, 0.15) is 12.8 Å². The zero-order valence-electron chi connectivity index (χ0n) is 5.90. The largest absolute Gasteiger partial charge is 0.465 e. The summed E-state index contributed by atoms with van der Waals surface area (Å²) in [5.41, 5.74) is 0. The van der Waals surface area contributed by atoms with E-state index in [0.717, 1.165) is 0 Å². The van der Waals surface area contributed by atoms with Gasteiger partial charge in [0.05, 0.1) is 12.2 Å². The lowest BCUT2D eigenvalue weighted by molar-refractivity contribution is 0.0438. The third-order valence-electron chi connectivity index (χ3n) is 1.82. The highest BCUT2D eigenvalue weighted by atomic mass is 16.4. The minimum absolute atomic E-state index is 0.299. The first-order valence-corrected chi connectivity index (χ1v) is 3.45. The average molecular weight is 161 g/mol. The number of amides is 1. The molecule has 64 valence electrons. The molecule has 1 amide bonds. The smallest absolute Gasteiger partial charge is 0.404 e. The quantitative estimate of drug-likeness (QED) is 0.403. The molecule has 0 spiro atoms. The Kier molecular flexibility index (Phi) is 2.31. The van der Waals surface area contributed by atoms with Gasteiger partial charge in [-0.25, -0.2) is 4.79 Å². The second-order valence-electron chi connectivity index (χ2n) is 2.75. The van der Waals surface area contributed by atoms with Crippen molar-refractivity contribution in [2.75, 3.05) is 0 Å². The third kappa shape index (κ3) is 2.06. The van der Waals surface area contributed by atoms with Crippen molar-refractivity contribution in [3.8, 4) is 0 Å². The van der Waals surface area contributed by atoms with Crippen molar-refractivity contribution in [2.24, 2.45) is 0 Å². The fraction of sp³-hybridized carbons (Fsp3) is 0.833. The Morgan fingerprint density at radius 1 is 1.27 bits per heavy atom. The van der Waals surface area contributed by atoms with Crippen LogP contribution >= 0.6 is 0 Å². The summed E-state index contributed by atoms with van der Waals surface area (Å²) in [4.78, 5) is 10.1. The lowest BCUT2D eigenvalue weighted by atomic mass is 10.2. The van der Waals surface area contributed by atoms with Gasteiger partial charge in [0, 0.05) is 6.04 Å². The molecule has 0 bridgehead atoms. The van der Waals surface area contributed by atoms with Gasteiger partial charge in [0.1, 0.15) is 0 Å². The monoisotopic (exact) mass is 161 g/mol. The summed E-state index contributed by atoms with van der Waals surface area (Å²) in [6, 6.07) is -0.308. The summed E-state index contributed by atoms with van der Waals surface area (Å²) in [6.45, 7) is 0. The summed E-state index contributed by atoms with van der Waals surface area (Å²) in [5, 5.41) is 28.5. The average Bonchev–Trinajstić information content (AvgIpc) is 2.10. The van der Waals surface area contributed by atoms with Crippen LogP contribution < -0.4 is 5.32 Å². The van der Waals surface area contributed by atoms with E-state index in [4.69, 9.17) is 15.3 Å². The molecule has 0 heterocycles. The fourth-order valence-corrected chi connectivity index (χ4v) is 1.29. The molecule has 0 saturated heterocycles. The Morgan fingerprint density at radius 3 is 2.09 bits per heavy atom. The van der Waals surface area contributed by atoms with Gasteiger partial charge in [-0.15, -0.1) is 0 Å². The van der Waals surface area contributed by atoms with Crippen molar-refractivity contribution < 1.29 is 20.1 Å². The second kappa shape index (κ2) is 3.06. The highest BCUT2D eigenvalue weighted by Gasteiger charge is 2.32. The molecule has 1 aliphatic carbocycles. The van der Waals surface area contributed by atoms with E-state index in [9.17, 15) is 4.79 Å². The molecule has 11 heavy (non-hydrogen) atoms. The number of rotatable bonds is 1. The van der Waals surface area contributed by atoms with Crippen LogP contribution in [0, 0.1) is 0 Å². The van der Waals surface area contributed by atoms with E-state index in [1.54, 1.807) is 0 Å². The predicted octanol–water partition coefficient (Wildman–Crippen LogP) is -0.862. The lowest BCUT2D eigenvalue weighted by Gasteiger charge is -2.06. The van der Waals surface area contributed by atoms with E-state index in [0.29, 0.717) is 12.8 Å². The van der Waals surface area contributed by atoms with Gasteiger partial charge in [0.25, 0.3) is 0 Å². The molecule has 4 N–H and O–H groups in total. The molecule has 1 unspecified atom stereocenters. The molecule has 1 saturated carbocycles. The van der Waals surface area contributed by atoms with Gasteiger partial charge in [0.15, 0.2) is 0 Å². The highest BCUT2D eigenvalue weighted by molar-refractivity contribution is 5.64. The van der Waals surface area contributed by atoms with Gasteiger partial charge in [-0.3, -0.25) is 0 Å². The molecule has 1 aliphatic rings. The molecule has 1 rings (SSSR count). The second-order valence-corrected chi connectivity index (χ2v) is 2.75. The first kappa shape index (κ1) is 8.29. The van der Waals surface area contributed by atoms with E-state index in [-0.39, 0.29) is 6.04 Å². The van der Waals surface area contributed by atoms with Crippen molar-refractivity contribution in [1.29, 1.82) is 0 Å². The summed E-state index contributed by atoms with van der Waals surface area (Å²) in [5.74, 6) is 0. The number of hydrogen-bond acceptors (Lipinski definition) is 3. The molecule has 5 heteroatoms. The van der Waals surface area contributed by atoms with Crippen molar-refractivity contribution in [2.45, 2.75) is 31.1 Å². The zero-order chi connectivity index (χ0) is 8.43. The van der Waals surface area contributed by atoms with Crippen LogP contribution in [0.5, 0.6) is 0 Å². The molecule has 1 fully saturated rings. The number of hydrogen-bond donors (Lipinski definition) is 4. The first-order chi connectivity index (χ1) is 5.09. The molecule has 0 aliphatic heterocycles. The Balaban J connectivity index is 2.35. The summed E-state index contributed by atoms with van der Waals surface area (Å²) in [7, 11) is 0. The molecular formula is C6H11NO4. The molecule has 5 nitrogen and oxygen atoms in total. The van der Waals surface area contributed by atoms with Crippen LogP contribution in [-0.4, -0.2) is 39.7 Å². The van der Waals surface area contributed by atoms with Crippen LogP contribution in [0.15, 0.2) is 0 Å². The van der Waals surface area contributed by atoms with Crippen molar-refractivity contribution >= 4 is 6.09 Å². The van der Waals surface area contributed by atoms with Gasteiger partial charge in [0.2, 0.25) is 0 Å². The lowest BCUT2D eigenvalue weighted by Crippen LogP contribution is -2.31. The van der Waals surface area contributed by atoms with Crippen LogP contribution in [0.2, 0.25) is 0 Å². The Morgan fingerprint density at radius 2 is 1.73 bits per heavy atom. The van der Waals surface area contributed by atoms with E-state index in [1.165, 1.54) is 0 Å². The highest BCUT2D eigenvalue weighted by Crippen LogP contribution is 2.19. The Labute approximate surface area is 63.7 Å². The standard InChI is InChI=1S/C6H11NO4/c8-4-1-3(2-5(4)9)7-6(10)11/h3-5,7-9H,1-2H2,(H,10,11)/t3?,4-,5+. The third-order valence-corrected chi connectivity index (χ3v) is 1.82. The molecule has 0 aromatic carbocycles. The Bertz CT molecular complexity index is 151. The number of carboxylic acid groups (broad SMARTS) is 1. The summed E-state index contributed by atoms with van der Waals surface area (Å²) >= 11 is 0. The molecule has 3 atom stereocenters. The van der Waals surface area contributed by atoms with Gasteiger partial charge in [-0.2, -0.15) is 0 Å². The normalized spacial score (nSPS) is 37.1. The molecule has 0 radical (unpaired) electrons. The maximum Gasteiger partial charge on any atom is 0.404 e. The number of aliphatic hydroxyl groups is 2. The first-order valence-electron chi connectivity index (χ1n) is 3.45. The zero-order valence-corrected chi connectivity index (χ0v) is 5.90. The topological polar surface area (TPSA) is 89.8 Å².